The molecule has 192 valence electrons. The molecule has 0 bridgehead atoms. The summed E-state index contributed by atoms with van der Waals surface area (Å²) < 4.78 is 78.4. The fraction of sp³-hybridized carbons (Fsp3) is 0.286. The highest BCUT2D eigenvalue weighted by Crippen LogP contribution is 2.68. The van der Waals surface area contributed by atoms with Crippen LogP contribution in [0, 0.1) is 18.8 Å². The van der Waals surface area contributed by atoms with Crippen molar-refractivity contribution in [2.24, 2.45) is 16.8 Å². The van der Waals surface area contributed by atoms with Crippen molar-refractivity contribution in [2.45, 2.75) is 34.7 Å². The molecule has 1 saturated carbocycles. The highest BCUT2D eigenvalue weighted by molar-refractivity contribution is 7.93. The Labute approximate surface area is 212 Å². The predicted octanol–water partition coefficient (Wildman–Crippen LogP) is 5.14. The van der Waals surface area contributed by atoms with E-state index >= 15 is 13.2 Å². The van der Waals surface area contributed by atoms with Crippen molar-refractivity contribution in [1.82, 2.24) is 0 Å². The number of carbonyl (C=O) groups is 1. The number of halogens is 3. The van der Waals surface area contributed by atoms with Crippen LogP contribution in [0.3, 0.4) is 0 Å². The maximum atomic E-state index is 15.1. The van der Waals surface area contributed by atoms with Crippen LogP contribution in [0.2, 0.25) is 0 Å². The summed E-state index contributed by atoms with van der Waals surface area (Å²) in [7, 11) is -3.33. The number of ether oxygens (including phenoxy) is 1. The number of aliphatic imine (C=N–C) groups is 1. The van der Waals surface area contributed by atoms with Gasteiger partial charge in [0, 0.05) is 11.8 Å². The predicted molar refractivity (Wildman–Crippen MR) is 132 cm³/mol. The largest absolute Gasteiger partial charge is 0.469 e. The molecule has 1 aliphatic carbocycles. The number of alkyl halides is 3. The maximum Gasteiger partial charge on any atom is 0.414 e. The highest BCUT2D eigenvalue weighted by atomic mass is 32.2. The van der Waals surface area contributed by atoms with Gasteiger partial charge in [-0.1, -0.05) is 78.4 Å². The van der Waals surface area contributed by atoms with Gasteiger partial charge < -0.3 is 4.74 Å². The molecule has 5 atom stereocenters. The van der Waals surface area contributed by atoms with Crippen molar-refractivity contribution >= 4 is 21.5 Å². The van der Waals surface area contributed by atoms with E-state index in [1.54, 1.807) is 67.6 Å². The molecule has 2 aliphatic rings. The zero-order chi connectivity index (χ0) is 26.6. The van der Waals surface area contributed by atoms with Crippen LogP contribution in [0.1, 0.15) is 22.6 Å². The molecule has 0 spiro atoms. The first-order chi connectivity index (χ1) is 17.5. The second-order valence-corrected chi connectivity index (χ2v) is 11.5. The zero-order valence-electron chi connectivity index (χ0n) is 20.0. The monoisotopic (exact) mass is 527 g/mol. The molecule has 0 unspecified atom stereocenters. The summed E-state index contributed by atoms with van der Waals surface area (Å²) in [6.07, 6.45) is -5.01. The molecule has 5 rings (SSSR count). The number of carbonyl (C=O) groups excluding carboxylic acids is 1. The minimum atomic E-state index is -5.01. The molecular formula is C28H24F3NO4S. The van der Waals surface area contributed by atoms with Gasteiger partial charge in [0.25, 0.3) is 0 Å². The van der Waals surface area contributed by atoms with Crippen LogP contribution in [-0.4, -0.2) is 44.2 Å². The van der Waals surface area contributed by atoms with E-state index in [0.29, 0.717) is 5.56 Å². The lowest BCUT2D eigenvalue weighted by molar-refractivity contribution is -0.252. The molecule has 0 radical (unpaired) electrons. The number of nitrogens with zero attached hydrogens (tertiary/aromatic N) is 1. The normalized spacial score (nSPS) is 27.1. The number of hydrogen-bond donors (Lipinski definition) is 0. The smallest absolute Gasteiger partial charge is 0.414 e. The Morgan fingerprint density at radius 3 is 2.03 bits per heavy atom. The van der Waals surface area contributed by atoms with Gasteiger partial charge in [-0.05, 0) is 30.2 Å². The summed E-state index contributed by atoms with van der Waals surface area (Å²) in [6.45, 7) is 1.79. The van der Waals surface area contributed by atoms with Gasteiger partial charge in [-0.25, -0.2) is 8.42 Å². The number of rotatable bonds is 5. The standard InChI is InChI=1S/C28H24F3NO4S/c1-17-13-15-20(16-14-17)37(34,35)25-22-21(18-9-5-3-6-10-18)23(26(33)36-2)27(22,28(29,30)31)32-24(25)19-11-7-4-8-12-19/h3-16,21-23,25H,1-2H3/t21-,22+,23-,25+,27-/m1/s1. The summed E-state index contributed by atoms with van der Waals surface area (Å²) in [5.74, 6) is -5.46. The van der Waals surface area contributed by atoms with E-state index in [-0.39, 0.29) is 16.2 Å². The van der Waals surface area contributed by atoms with Crippen LogP contribution in [0.4, 0.5) is 13.2 Å². The number of aryl methyl sites for hydroxylation is 1. The SMILES string of the molecule is COC(=O)[C@H]1[C@H](c2ccccc2)[C@H]2[C@H](S(=O)(=O)c3ccc(C)cc3)C(c3ccccc3)=N[C@]21C(F)(F)F. The second kappa shape index (κ2) is 8.83. The number of methoxy groups -OCH3 is 1. The molecule has 1 heterocycles. The third kappa shape index (κ3) is 3.70. The van der Waals surface area contributed by atoms with E-state index in [0.717, 1.165) is 12.7 Å². The van der Waals surface area contributed by atoms with E-state index in [1.165, 1.54) is 24.3 Å². The lowest BCUT2D eigenvalue weighted by atomic mass is 9.49. The molecule has 9 heteroatoms. The van der Waals surface area contributed by atoms with Gasteiger partial charge in [0.1, 0.15) is 5.25 Å². The van der Waals surface area contributed by atoms with Crippen molar-refractivity contribution in [2.75, 3.05) is 7.11 Å². The van der Waals surface area contributed by atoms with Crippen LogP contribution in [0.15, 0.2) is 94.8 Å². The minimum absolute atomic E-state index is 0.0990. The molecule has 3 aromatic rings. The molecule has 0 amide bonds. The molecule has 0 saturated heterocycles. The van der Waals surface area contributed by atoms with Gasteiger partial charge in [-0.2, -0.15) is 13.2 Å². The summed E-state index contributed by atoms with van der Waals surface area (Å²) in [6, 6.07) is 22.2. The lowest BCUT2D eigenvalue weighted by Gasteiger charge is -2.56. The zero-order valence-corrected chi connectivity index (χ0v) is 20.8. The van der Waals surface area contributed by atoms with E-state index in [4.69, 9.17) is 4.74 Å². The van der Waals surface area contributed by atoms with E-state index in [9.17, 15) is 13.2 Å². The van der Waals surface area contributed by atoms with Gasteiger partial charge in [0.05, 0.1) is 23.6 Å². The summed E-state index contributed by atoms with van der Waals surface area (Å²) in [4.78, 5) is 17.0. The van der Waals surface area contributed by atoms with Gasteiger partial charge in [-0.3, -0.25) is 9.79 Å². The number of esters is 1. The quantitative estimate of drug-likeness (QED) is 0.431. The van der Waals surface area contributed by atoms with Crippen LogP contribution in [0.5, 0.6) is 0 Å². The molecular weight excluding hydrogens is 503 g/mol. The third-order valence-corrected chi connectivity index (χ3v) is 9.59. The van der Waals surface area contributed by atoms with Crippen molar-refractivity contribution in [1.29, 1.82) is 0 Å². The summed E-state index contributed by atoms with van der Waals surface area (Å²) in [5.41, 5.74) is -1.65. The lowest BCUT2D eigenvalue weighted by Crippen LogP contribution is -2.71. The maximum absolute atomic E-state index is 15.1. The average molecular weight is 528 g/mol. The first kappa shape index (κ1) is 25.2. The van der Waals surface area contributed by atoms with Gasteiger partial charge >= 0.3 is 12.1 Å². The summed E-state index contributed by atoms with van der Waals surface area (Å²) >= 11 is 0. The van der Waals surface area contributed by atoms with Crippen LogP contribution in [-0.2, 0) is 19.4 Å². The average Bonchev–Trinajstić information content (AvgIpc) is 3.18. The molecule has 0 N–H and O–H groups in total. The van der Waals surface area contributed by atoms with Gasteiger partial charge in [0.15, 0.2) is 15.4 Å². The first-order valence-electron chi connectivity index (χ1n) is 11.7. The van der Waals surface area contributed by atoms with Crippen LogP contribution in [0.25, 0.3) is 0 Å². The Kier molecular flexibility index (Phi) is 6.02. The Hall–Kier alpha value is -3.46. The first-order valence-corrected chi connectivity index (χ1v) is 13.2. The fourth-order valence-electron chi connectivity index (χ4n) is 5.85. The minimum Gasteiger partial charge on any atom is -0.469 e. The Morgan fingerprint density at radius 2 is 1.49 bits per heavy atom. The van der Waals surface area contributed by atoms with E-state index in [2.05, 4.69) is 4.99 Å². The topological polar surface area (TPSA) is 72.8 Å². The van der Waals surface area contributed by atoms with Gasteiger partial charge in [0.2, 0.25) is 0 Å². The number of benzene rings is 3. The van der Waals surface area contributed by atoms with E-state index < -0.39 is 50.5 Å². The van der Waals surface area contributed by atoms with Crippen molar-refractivity contribution < 1.29 is 31.1 Å². The Morgan fingerprint density at radius 1 is 0.919 bits per heavy atom. The molecule has 1 aliphatic heterocycles. The summed E-state index contributed by atoms with van der Waals surface area (Å²) in [5, 5.41) is -1.63. The van der Waals surface area contributed by atoms with Crippen molar-refractivity contribution in [3.8, 4) is 0 Å². The van der Waals surface area contributed by atoms with Gasteiger partial charge in [-0.15, -0.1) is 0 Å². The molecule has 3 aromatic carbocycles. The molecule has 5 nitrogen and oxygen atoms in total. The number of hydrogen-bond acceptors (Lipinski definition) is 5. The molecule has 0 aromatic heterocycles. The van der Waals surface area contributed by atoms with Crippen LogP contribution >= 0.6 is 0 Å². The number of sulfone groups is 1. The third-order valence-electron chi connectivity index (χ3n) is 7.48. The Bertz CT molecular complexity index is 1450. The van der Waals surface area contributed by atoms with Crippen molar-refractivity contribution in [3.63, 3.8) is 0 Å². The highest BCUT2D eigenvalue weighted by Gasteiger charge is 2.82. The Balaban J connectivity index is 1.81. The van der Waals surface area contributed by atoms with E-state index in [1.807, 2.05) is 0 Å². The second-order valence-electron chi connectivity index (χ2n) is 9.43. The molecule has 1 fully saturated rings. The van der Waals surface area contributed by atoms with Crippen LogP contribution < -0.4 is 0 Å². The fourth-order valence-corrected chi connectivity index (χ4v) is 7.90. The number of fused-ring (bicyclic) bond motifs is 1. The van der Waals surface area contributed by atoms with Crippen molar-refractivity contribution in [3.05, 3.63) is 102 Å². The molecule has 37 heavy (non-hydrogen) atoms.